The number of hydrogen-bond donors (Lipinski definition) is 1. The number of aryl methyl sites for hydroxylation is 1. The number of anilines is 1. The molecule has 1 aliphatic rings. The molecule has 1 heteroatoms. The van der Waals surface area contributed by atoms with Crippen molar-refractivity contribution < 1.29 is 0 Å². The van der Waals surface area contributed by atoms with E-state index in [0.29, 0.717) is 0 Å². The summed E-state index contributed by atoms with van der Waals surface area (Å²) in [5.41, 5.74) is 2.79. The van der Waals surface area contributed by atoms with Crippen molar-refractivity contribution in [3.63, 3.8) is 0 Å². The van der Waals surface area contributed by atoms with Crippen LogP contribution in [0.25, 0.3) is 0 Å². The van der Waals surface area contributed by atoms with Gasteiger partial charge in [-0.05, 0) is 24.5 Å². The Bertz CT molecular complexity index is 206. The first-order chi connectivity index (χ1) is 7.97. The zero-order chi connectivity index (χ0) is 12.8. The minimum absolute atomic E-state index is 1.14. The molecule has 1 heterocycles. The highest BCUT2D eigenvalue weighted by Gasteiger charge is 2.04. The topological polar surface area (TPSA) is 12.0 Å². The average Bonchev–Trinajstić information content (AvgIpc) is 2.45. The maximum absolute atomic E-state index is 3.36. The fraction of sp³-hybridized carbons (Fsp3) is 0.600. The minimum atomic E-state index is 1.14. The van der Waals surface area contributed by atoms with Crippen LogP contribution in [-0.2, 0) is 6.42 Å². The Kier molecular flexibility index (Phi) is 15.3. The lowest BCUT2D eigenvalue weighted by atomic mass is 10.0. The Morgan fingerprint density at radius 3 is 2.00 bits per heavy atom. The summed E-state index contributed by atoms with van der Waals surface area (Å²) in [6, 6.07) is 8.53. The van der Waals surface area contributed by atoms with Gasteiger partial charge in [0.05, 0.1) is 0 Å². The summed E-state index contributed by atoms with van der Waals surface area (Å²) < 4.78 is 0. The van der Waals surface area contributed by atoms with Crippen LogP contribution < -0.4 is 5.32 Å². The molecule has 0 fully saturated rings. The molecule has 16 heavy (non-hydrogen) atoms. The van der Waals surface area contributed by atoms with E-state index in [1.807, 2.05) is 41.5 Å². The number of fused-ring (bicyclic) bond motifs is 1. The van der Waals surface area contributed by atoms with Crippen LogP contribution in [0.4, 0.5) is 5.69 Å². The standard InChI is InChI=1S/C9H11N.3C2H6/c1-2-6-9-8(4-1)5-3-7-10-9;3*1-2/h1-2,4,6,10H,3,5,7H2;3*1-2H3. The van der Waals surface area contributed by atoms with Gasteiger partial charge in [0.1, 0.15) is 0 Å². The van der Waals surface area contributed by atoms with Crippen LogP contribution in [0.15, 0.2) is 24.3 Å². The molecule has 1 aromatic carbocycles. The molecule has 0 bridgehead atoms. The Morgan fingerprint density at radius 1 is 0.875 bits per heavy atom. The van der Waals surface area contributed by atoms with Crippen LogP contribution in [0.3, 0.4) is 0 Å². The van der Waals surface area contributed by atoms with Gasteiger partial charge in [-0.3, -0.25) is 0 Å². The van der Waals surface area contributed by atoms with Gasteiger partial charge < -0.3 is 5.32 Å². The van der Waals surface area contributed by atoms with Gasteiger partial charge >= 0.3 is 0 Å². The molecule has 0 amide bonds. The normalized spacial score (nSPS) is 10.9. The van der Waals surface area contributed by atoms with Crippen LogP contribution in [0.2, 0.25) is 0 Å². The van der Waals surface area contributed by atoms with Crippen molar-refractivity contribution in [1.82, 2.24) is 0 Å². The number of benzene rings is 1. The van der Waals surface area contributed by atoms with Gasteiger partial charge in [-0.1, -0.05) is 59.7 Å². The minimum Gasteiger partial charge on any atom is -0.385 e. The number of rotatable bonds is 0. The van der Waals surface area contributed by atoms with Gasteiger partial charge in [-0.25, -0.2) is 0 Å². The molecule has 0 unspecified atom stereocenters. The van der Waals surface area contributed by atoms with Crippen LogP contribution in [0.1, 0.15) is 53.5 Å². The Labute approximate surface area is 102 Å². The molecular weight excluding hydrogens is 194 g/mol. The Balaban J connectivity index is 0. The molecule has 94 valence electrons. The van der Waals surface area contributed by atoms with Gasteiger partial charge in [-0.2, -0.15) is 0 Å². The van der Waals surface area contributed by atoms with Gasteiger partial charge in [0.25, 0.3) is 0 Å². The smallest absolute Gasteiger partial charge is 0.0372 e. The molecule has 2 rings (SSSR count). The highest BCUT2D eigenvalue weighted by molar-refractivity contribution is 5.52. The quantitative estimate of drug-likeness (QED) is 0.643. The van der Waals surface area contributed by atoms with Crippen molar-refractivity contribution in [3.8, 4) is 0 Å². The summed E-state index contributed by atoms with van der Waals surface area (Å²) in [7, 11) is 0. The molecule has 0 radical (unpaired) electrons. The summed E-state index contributed by atoms with van der Waals surface area (Å²) in [6.07, 6.45) is 2.51. The second-order valence-electron chi connectivity index (χ2n) is 2.69. The maximum atomic E-state index is 3.36. The molecule has 0 saturated heterocycles. The third-order valence-electron chi connectivity index (χ3n) is 1.96. The third kappa shape index (κ3) is 6.49. The van der Waals surface area contributed by atoms with E-state index in [1.165, 1.54) is 24.1 Å². The van der Waals surface area contributed by atoms with E-state index in [2.05, 4.69) is 29.6 Å². The first kappa shape index (κ1) is 17.4. The number of hydrogen-bond acceptors (Lipinski definition) is 1. The Morgan fingerprint density at radius 2 is 1.44 bits per heavy atom. The van der Waals surface area contributed by atoms with Crippen LogP contribution in [0.5, 0.6) is 0 Å². The van der Waals surface area contributed by atoms with Gasteiger partial charge in [0, 0.05) is 12.2 Å². The molecule has 1 aromatic rings. The molecule has 1 nitrogen and oxygen atoms in total. The predicted octanol–water partition coefficient (Wildman–Crippen LogP) is 5.12. The zero-order valence-corrected chi connectivity index (χ0v) is 11.9. The molecular formula is C15H29N. The lowest BCUT2D eigenvalue weighted by molar-refractivity contribution is 0.830. The zero-order valence-electron chi connectivity index (χ0n) is 11.9. The molecule has 1 N–H and O–H groups in total. The first-order valence-electron chi connectivity index (χ1n) is 6.78. The van der Waals surface area contributed by atoms with E-state index in [1.54, 1.807) is 0 Å². The fourth-order valence-corrected chi connectivity index (χ4v) is 1.41. The van der Waals surface area contributed by atoms with E-state index >= 15 is 0 Å². The highest BCUT2D eigenvalue weighted by atomic mass is 14.9. The van der Waals surface area contributed by atoms with Gasteiger partial charge in [-0.15, -0.1) is 0 Å². The van der Waals surface area contributed by atoms with Crippen molar-refractivity contribution >= 4 is 5.69 Å². The highest BCUT2D eigenvalue weighted by Crippen LogP contribution is 2.19. The first-order valence-corrected chi connectivity index (χ1v) is 6.78. The summed E-state index contributed by atoms with van der Waals surface area (Å²) in [5.74, 6) is 0. The lowest BCUT2D eigenvalue weighted by Gasteiger charge is -2.16. The number of para-hydroxylation sites is 1. The summed E-state index contributed by atoms with van der Waals surface area (Å²) in [4.78, 5) is 0. The second-order valence-corrected chi connectivity index (χ2v) is 2.69. The molecule has 0 aliphatic carbocycles. The van der Waals surface area contributed by atoms with Crippen molar-refractivity contribution in [2.45, 2.75) is 54.4 Å². The molecule has 0 aromatic heterocycles. The monoisotopic (exact) mass is 223 g/mol. The molecule has 0 saturated carbocycles. The van der Waals surface area contributed by atoms with E-state index in [4.69, 9.17) is 0 Å². The maximum Gasteiger partial charge on any atom is 0.0372 e. The molecule has 0 atom stereocenters. The summed E-state index contributed by atoms with van der Waals surface area (Å²) >= 11 is 0. The van der Waals surface area contributed by atoms with Crippen molar-refractivity contribution in [3.05, 3.63) is 29.8 Å². The van der Waals surface area contributed by atoms with Crippen molar-refractivity contribution in [2.75, 3.05) is 11.9 Å². The summed E-state index contributed by atoms with van der Waals surface area (Å²) in [5, 5.41) is 3.36. The van der Waals surface area contributed by atoms with Crippen molar-refractivity contribution in [2.24, 2.45) is 0 Å². The second kappa shape index (κ2) is 14.0. The molecule has 0 spiro atoms. The van der Waals surface area contributed by atoms with E-state index < -0.39 is 0 Å². The van der Waals surface area contributed by atoms with E-state index in [0.717, 1.165) is 6.54 Å². The average molecular weight is 223 g/mol. The third-order valence-corrected chi connectivity index (χ3v) is 1.96. The lowest BCUT2D eigenvalue weighted by Crippen LogP contribution is -2.10. The molecule has 1 aliphatic heterocycles. The van der Waals surface area contributed by atoms with Crippen LogP contribution >= 0.6 is 0 Å². The van der Waals surface area contributed by atoms with Gasteiger partial charge in [0.15, 0.2) is 0 Å². The van der Waals surface area contributed by atoms with Crippen molar-refractivity contribution in [1.29, 1.82) is 0 Å². The van der Waals surface area contributed by atoms with E-state index in [9.17, 15) is 0 Å². The SMILES string of the molecule is CC.CC.CC.c1ccc2c(c1)CCCN2. The Hall–Kier alpha value is -0.980. The van der Waals surface area contributed by atoms with Gasteiger partial charge in [0.2, 0.25) is 0 Å². The van der Waals surface area contributed by atoms with Crippen LogP contribution in [0, 0.1) is 0 Å². The van der Waals surface area contributed by atoms with E-state index in [-0.39, 0.29) is 0 Å². The fourth-order valence-electron chi connectivity index (χ4n) is 1.41. The predicted molar refractivity (Wildman–Crippen MR) is 77.3 cm³/mol. The largest absolute Gasteiger partial charge is 0.385 e. The van der Waals surface area contributed by atoms with Crippen LogP contribution in [-0.4, -0.2) is 6.54 Å². The summed E-state index contributed by atoms with van der Waals surface area (Å²) in [6.45, 7) is 13.1. The number of nitrogens with one attached hydrogen (secondary N) is 1.